The molecule has 2 heterocycles. The number of carbonyl (C=O) groups excluding carboxylic acids is 1. The minimum absolute atomic E-state index is 0.209. The van der Waals surface area contributed by atoms with Crippen molar-refractivity contribution in [2.45, 2.75) is 17.4 Å². The largest absolute Gasteiger partial charge is 0.345 e. The van der Waals surface area contributed by atoms with Crippen LogP contribution in [0, 0.1) is 5.82 Å². The van der Waals surface area contributed by atoms with Crippen LogP contribution >= 0.6 is 46.3 Å². The number of thiophene rings is 1. The summed E-state index contributed by atoms with van der Waals surface area (Å²) in [5, 5.41) is 2.92. The molecule has 0 fully saturated rings. The molecule has 0 radical (unpaired) electrons. The quantitative estimate of drug-likeness (QED) is 0.800. The van der Waals surface area contributed by atoms with Crippen LogP contribution in [0.5, 0.6) is 0 Å². The molecular weight excluding hydrogens is 352 g/mol. The van der Waals surface area contributed by atoms with Crippen LogP contribution in [0.2, 0.25) is 8.67 Å². The molecule has 1 aromatic heterocycles. The standard InChI is InChI=1S/C14H10Cl2FNOS2/c15-11-6-8(13(16)21-11)14(19)18-10-4-5-20-12-7(10)2-1-3-9(12)17/h1-3,6,10H,4-5H2,(H,18,19)/t10-/m1/s1. The number of halogens is 3. The Hall–Kier alpha value is -0.750. The molecule has 1 aliphatic heterocycles. The van der Waals surface area contributed by atoms with Gasteiger partial charge in [-0.05, 0) is 24.1 Å². The molecule has 3 rings (SSSR count). The first-order chi connectivity index (χ1) is 10.1. The van der Waals surface area contributed by atoms with Crippen molar-refractivity contribution in [3.63, 3.8) is 0 Å². The van der Waals surface area contributed by atoms with Crippen LogP contribution in [0.15, 0.2) is 29.2 Å². The normalized spacial score (nSPS) is 17.4. The molecule has 0 spiro atoms. The molecular formula is C14H10Cl2FNOS2. The molecule has 2 nitrogen and oxygen atoms in total. The summed E-state index contributed by atoms with van der Waals surface area (Å²) in [5.74, 6) is 0.236. The Morgan fingerprint density at radius 1 is 1.38 bits per heavy atom. The third-order valence-corrected chi connectivity index (χ3v) is 5.88. The van der Waals surface area contributed by atoms with Gasteiger partial charge in [0.2, 0.25) is 0 Å². The Bertz CT molecular complexity index is 704. The monoisotopic (exact) mass is 361 g/mol. The third kappa shape index (κ3) is 3.06. The van der Waals surface area contributed by atoms with Crippen molar-refractivity contribution in [3.8, 4) is 0 Å². The summed E-state index contributed by atoms with van der Waals surface area (Å²) in [7, 11) is 0. The molecule has 2 aromatic rings. The lowest BCUT2D eigenvalue weighted by molar-refractivity contribution is 0.0935. The first kappa shape index (κ1) is 15.2. The fourth-order valence-electron chi connectivity index (χ4n) is 2.27. The SMILES string of the molecule is O=C(N[C@@H]1CCSc2c(F)cccc21)c1cc(Cl)sc1Cl. The molecule has 1 aromatic carbocycles. The maximum Gasteiger partial charge on any atom is 0.254 e. The number of nitrogens with one attached hydrogen (secondary N) is 1. The van der Waals surface area contributed by atoms with E-state index in [1.54, 1.807) is 12.1 Å². The van der Waals surface area contributed by atoms with Gasteiger partial charge in [0.25, 0.3) is 5.91 Å². The summed E-state index contributed by atoms with van der Waals surface area (Å²) in [6.45, 7) is 0. The maximum absolute atomic E-state index is 13.8. The molecule has 0 saturated carbocycles. The number of benzene rings is 1. The minimum Gasteiger partial charge on any atom is -0.345 e. The van der Waals surface area contributed by atoms with Gasteiger partial charge in [0, 0.05) is 10.6 Å². The van der Waals surface area contributed by atoms with Gasteiger partial charge in [0.1, 0.15) is 10.2 Å². The molecule has 110 valence electrons. The first-order valence-electron chi connectivity index (χ1n) is 6.23. The van der Waals surface area contributed by atoms with E-state index < -0.39 is 0 Å². The summed E-state index contributed by atoms with van der Waals surface area (Å²) in [4.78, 5) is 12.9. The molecule has 1 atom stereocenters. The molecule has 0 saturated heterocycles. The lowest BCUT2D eigenvalue weighted by atomic mass is 10.0. The Balaban J connectivity index is 1.85. The van der Waals surface area contributed by atoms with E-state index in [4.69, 9.17) is 23.2 Å². The molecule has 0 unspecified atom stereocenters. The molecule has 21 heavy (non-hydrogen) atoms. The average molecular weight is 362 g/mol. The molecule has 7 heteroatoms. The second-order valence-corrected chi connectivity index (χ2v) is 7.95. The highest BCUT2D eigenvalue weighted by molar-refractivity contribution is 7.99. The van der Waals surface area contributed by atoms with Crippen molar-refractivity contribution < 1.29 is 9.18 Å². The predicted molar refractivity (Wildman–Crippen MR) is 86.3 cm³/mol. The summed E-state index contributed by atoms with van der Waals surface area (Å²) in [6.07, 6.45) is 0.752. The number of hydrogen-bond acceptors (Lipinski definition) is 3. The van der Waals surface area contributed by atoms with Gasteiger partial charge in [-0.25, -0.2) is 4.39 Å². The van der Waals surface area contributed by atoms with Crippen molar-refractivity contribution in [1.29, 1.82) is 0 Å². The van der Waals surface area contributed by atoms with E-state index in [9.17, 15) is 9.18 Å². The number of amides is 1. The second kappa shape index (κ2) is 6.16. The zero-order valence-electron chi connectivity index (χ0n) is 10.7. The van der Waals surface area contributed by atoms with Gasteiger partial charge in [-0.1, -0.05) is 35.3 Å². The van der Waals surface area contributed by atoms with Crippen LogP contribution in [0.25, 0.3) is 0 Å². The lowest BCUT2D eigenvalue weighted by Gasteiger charge is -2.26. The Kier molecular flexibility index (Phi) is 4.45. The number of thioether (sulfide) groups is 1. The first-order valence-corrected chi connectivity index (χ1v) is 8.79. The summed E-state index contributed by atoms with van der Waals surface area (Å²) >= 11 is 14.5. The van der Waals surface area contributed by atoms with E-state index in [-0.39, 0.29) is 17.8 Å². The second-order valence-electron chi connectivity index (χ2n) is 4.56. The number of carbonyl (C=O) groups is 1. The van der Waals surface area contributed by atoms with Gasteiger partial charge in [0.05, 0.1) is 15.9 Å². The zero-order valence-corrected chi connectivity index (χ0v) is 13.8. The van der Waals surface area contributed by atoms with Crippen molar-refractivity contribution in [1.82, 2.24) is 5.32 Å². The van der Waals surface area contributed by atoms with Gasteiger partial charge in [-0.3, -0.25) is 4.79 Å². The fourth-order valence-corrected chi connectivity index (χ4v) is 4.87. The molecule has 1 amide bonds. The van der Waals surface area contributed by atoms with Gasteiger partial charge >= 0.3 is 0 Å². The van der Waals surface area contributed by atoms with Gasteiger partial charge < -0.3 is 5.32 Å². The van der Waals surface area contributed by atoms with Gasteiger partial charge in [-0.2, -0.15) is 0 Å². The Morgan fingerprint density at radius 3 is 2.90 bits per heavy atom. The third-order valence-electron chi connectivity index (χ3n) is 3.23. The lowest BCUT2D eigenvalue weighted by Crippen LogP contribution is -2.30. The number of rotatable bonds is 2. The fraction of sp³-hybridized carbons (Fsp3) is 0.214. The molecule has 1 N–H and O–H groups in total. The highest BCUT2D eigenvalue weighted by atomic mass is 35.5. The minimum atomic E-state index is -0.282. The average Bonchev–Trinajstić information content (AvgIpc) is 2.79. The van der Waals surface area contributed by atoms with E-state index in [1.165, 1.54) is 17.8 Å². The van der Waals surface area contributed by atoms with Gasteiger partial charge in [0.15, 0.2) is 0 Å². The van der Waals surface area contributed by atoms with Crippen LogP contribution in [0.3, 0.4) is 0 Å². The smallest absolute Gasteiger partial charge is 0.254 e. The highest BCUT2D eigenvalue weighted by Gasteiger charge is 2.25. The summed E-state index contributed by atoms with van der Waals surface area (Å²) in [5.41, 5.74) is 1.18. The Labute approximate surface area is 139 Å². The Morgan fingerprint density at radius 2 is 2.19 bits per heavy atom. The van der Waals surface area contributed by atoms with E-state index in [0.29, 0.717) is 19.1 Å². The van der Waals surface area contributed by atoms with Crippen LogP contribution in [0.4, 0.5) is 4.39 Å². The predicted octanol–water partition coefficient (Wildman–Crippen LogP) is 5.16. The van der Waals surface area contributed by atoms with Crippen molar-refractivity contribution >= 4 is 52.2 Å². The van der Waals surface area contributed by atoms with Crippen molar-refractivity contribution in [3.05, 3.63) is 49.9 Å². The maximum atomic E-state index is 13.8. The van der Waals surface area contributed by atoms with Crippen molar-refractivity contribution in [2.75, 3.05) is 5.75 Å². The summed E-state index contributed by atoms with van der Waals surface area (Å²) in [6, 6.07) is 6.28. The van der Waals surface area contributed by atoms with Gasteiger partial charge in [-0.15, -0.1) is 23.1 Å². The van der Waals surface area contributed by atoms with E-state index in [1.807, 2.05) is 6.07 Å². The highest BCUT2D eigenvalue weighted by Crippen LogP contribution is 2.38. The molecule has 1 aliphatic rings. The van der Waals surface area contributed by atoms with Crippen LogP contribution < -0.4 is 5.32 Å². The van der Waals surface area contributed by atoms with Crippen LogP contribution in [-0.4, -0.2) is 11.7 Å². The van der Waals surface area contributed by atoms with E-state index in [0.717, 1.165) is 29.1 Å². The van der Waals surface area contributed by atoms with E-state index in [2.05, 4.69) is 5.32 Å². The number of hydrogen-bond donors (Lipinski definition) is 1. The number of fused-ring (bicyclic) bond motifs is 1. The molecule has 0 aliphatic carbocycles. The van der Waals surface area contributed by atoms with Crippen LogP contribution in [-0.2, 0) is 0 Å². The van der Waals surface area contributed by atoms with Crippen LogP contribution in [0.1, 0.15) is 28.4 Å². The van der Waals surface area contributed by atoms with E-state index >= 15 is 0 Å². The summed E-state index contributed by atoms with van der Waals surface area (Å²) < 4.78 is 14.6. The van der Waals surface area contributed by atoms with Crippen molar-refractivity contribution in [2.24, 2.45) is 0 Å². The zero-order chi connectivity index (χ0) is 15.0. The molecule has 0 bridgehead atoms. The topological polar surface area (TPSA) is 29.1 Å².